The van der Waals surface area contributed by atoms with Crippen molar-refractivity contribution < 1.29 is 34.1 Å². The number of nitrogens with zero attached hydrogens (tertiary/aromatic N) is 2. The highest BCUT2D eigenvalue weighted by atomic mass is 16.5. The lowest BCUT2D eigenvalue weighted by Gasteiger charge is -2.38. The fourth-order valence-electron chi connectivity index (χ4n) is 6.20. The highest BCUT2D eigenvalue weighted by Gasteiger charge is 2.48. The average molecular weight is 580 g/mol. The number of aliphatic hydroxyl groups is 2. The topological polar surface area (TPSA) is 129 Å². The van der Waals surface area contributed by atoms with Crippen molar-refractivity contribution in [3.63, 3.8) is 0 Å². The molecule has 5 rings (SSSR count). The Bertz CT molecular complexity index is 1300. The van der Waals surface area contributed by atoms with Crippen LogP contribution in [0.3, 0.4) is 0 Å². The molecule has 42 heavy (non-hydrogen) atoms. The van der Waals surface area contributed by atoms with Crippen LogP contribution in [0.2, 0.25) is 0 Å². The largest absolute Gasteiger partial charge is 0.494 e. The third kappa shape index (κ3) is 6.16. The van der Waals surface area contributed by atoms with Crippen LogP contribution in [0, 0.1) is 5.41 Å². The molecule has 2 amide bonds. The van der Waals surface area contributed by atoms with E-state index in [1.54, 1.807) is 24.3 Å². The van der Waals surface area contributed by atoms with E-state index in [2.05, 4.69) is 16.3 Å². The van der Waals surface area contributed by atoms with Crippen molar-refractivity contribution in [2.24, 2.45) is 5.41 Å². The summed E-state index contributed by atoms with van der Waals surface area (Å²) < 4.78 is 11.0. The monoisotopic (exact) mass is 579 g/mol. The maximum atomic E-state index is 13.7. The number of likely N-dealkylation sites (tertiary alicyclic amines) is 1. The van der Waals surface area contributed by atoms with E-state index in [1.807, 2.05) is 17.9 Å². The summed E-state index contributed by atoms with van der Waals surface area (Å²) in [5, 5.41) is 21.0. The van der Waals surface area contributed by atoms with Gasteiger partial charge in [0.1, 0.15) is 5.75 Å². The van der Waals surface area contributed by atoms with Gasteiger partial charge in [-0.25, -0.2) is 4.79 Å². The molecule has 2 heterocycles. The third-order valence-corrected chi connectivity index (χ3v) is 8.89. The Morgan fingerprint density at radius 1 is 1.05 bits per heavy atom. The molecule has 0 aromatic heterocycles. The first-order valence-electron chi connectivity index (χ1n) is 14.9. The molecular formula is C32H41N3O7. The fraction of sp³-hybridized carbons (Fsp3) is 0.531. The lowest BCUT2D eigenvalue weighted by Crippen LogP contribution is -2.44. The number of piperidine rings is 1. The van der Waals surface area contributed by atoms with Crippen molar-refractivity contribution in [1.82, 2.24) is 10.2 Å². The van der Waals surface area contributed by atoms with Gasteiger partial charge in [-0.05, 0) is 100.0 Å². The minimum Gasteiger partial charge on any atom is -0.494 e. The Morgan fingerprint density at radius 2 is 1.71 bits per heavy atom. The van der Waals surface area contributed by atoms with Gasteiger partial charge in [-0.15, -0.1) is 0 Å². The average Bonchev–Trinajstić information content (AvgIpc) is 3.82. The van der Waals surface area contributed by atoms with Gasteiger partial charge in [0.05, 0.1) is 44.0 Å². The molecule has 2 aromatic carbocycles. The summed E-state index contributed by atoms with van der Waals surface area (Å²) in [4.78, 5) is 42.8. The number of nitrogens with one attached hydrogen (secondary N) is 1. The van der Waals surface area contributed by atoms with E-state index >= 15 is 0 Å². The van der Waals surface area contributed by atoms with Crippen molar-refractivity contribution in [1.29, 1.82) is 0 Å². The summed E-state index contributed by atoms with van der Waals surface area (Å²) in [5.74, 6) is 0.521. The molecule has 3 N–H and O–H groups in total. The summed E-state index contributed by atoms with van der Waals surface area (Å²) in [6.45, 7) is 4.65. The molecule has 2 saturated heterocycles. The standard InChI is InChI=1S/C32H41N3O7/c1-3-42-28-17-27(30(39)41-2)26(21-4-5-21)16-23(28)18-34-13-10-32(11-14-34)12-15-35(31(32)40)25-8-6-22(7-9-25)29(38)33-24(19-36)20-37/h6-9,16-17,21,24,36-37H,3-5,10-15,18-20H2,1-2H3,(H,33,38). The maximum absolute atomic E-state index is 13.7. The molecule has 3 fully saturated rings. The second-order valence-corrected chi connectivity index (χ2v) is 11.6. The van der Waals surface area contributed by atoms with Gasteiger partial charge in [-0.3, -0.25) is 14.5 Å². The SMILES string of the molecule is CCOc1cc(C(=O)OC)c(C2CC2)cc1CN1CCC2(CC1)CCN(c1ccc(C(=O)NC(CO)CO)cc1)C2=O. The Kier molecular flexibility index (Phi) is 9.15. The second kappa shape index (κ2) is 12.8. The molecule has 2 aromatic rings. The summed E-state index contributed by atoms with van der Waals surface area (Å²) in [5.41, 5.74) is 3.47. The molecule has 2 aliphatic heterocycles. The van der Waals surface area contributed by atoms with Crippen LogP contribution in [-0.2, 0) is 16.1 Å². The van der Waals surface area contributed by atoms with Gasteiger partial charge in [0, 0.05) is 29.9 Å². The molecule has 0 bridgehead atoms. The van der Waals surface area contributed by atoms with Crippen molar-refractivity contribution in [3.8, 4) is 5.75 Å². The van der Waals surface area contributed by atoms with Gasteiger partial charge in [0.25, 0.3) is 5.91 Å². The van der Waals surface area contributed by atoms with Gasteiger partial charge >= 0.3 is 5.97 Å². The van der Waals surface area contributed by atoms with Crippen LogP contribution < -0.4 is 15.0 Å². The van der Waals surface area contributed by atoms with Gasteiger partial charge < -0.3 is 29.9 Å². The number of carbonyl (C=O) groups excluding carboxylic acids is 3. The zero-order valence-corrected chi connectivity index (χ0v) is 24.4. The lowest BCUT2D eigenvalue weighted by atomic mass is 9.77. The van der Waals surface area contributed by atoms with Crippen LogP contribution in [0.1, 0.15) is 76.8 Å². The molecule has 10 heteroatoms. The van der Waals surface area contributed by atoms with Crippen LogP contribution in [0.15, 0.2) is 36.4 Å². The van der Waals surface area contributed by atoms with Crippen LogP contribution in [0.4, 0.5) is 5.69 Å². The number of ether oxygens (including phenoxy) is 2. The number of aliphatic hydroxyl groups excluding tert-OH is 2. The summed E-state index contributed by atoms with van der Waals surface area (Å²) >= 11 is 0. The van der Waals surface area contributed by atoms with Crippen molar-refractivity contribution in [2.75, 3.05) is 51.5 Å². The molecule has 0 radical (unpaired) electrons. The van der Waals surface area contributed by atoms with E-state index in [1.165, 1.54) is 7.11 Å². The number of amides is 2. The zero-order valence-electron chi connectivity index (χ0n) is 24.4. The molecular weight excluding hydrogens is 538 g/mol. The molecule has 3 aliphatic rings. The Morgan fingerprint density at radius 3 is 2.31 bits per heavy atom. The molecule has 0 unspecified atom stereocenters. The molecule has 226 valence electrons. The Balaban J connectivity index is 1.23. The van der Waals surface area contributed by atoms with Crippen molar-refractivity contribution >= 4 is 23.5 Å². The van der Waals surface area contributed by atoms with Gasteiger partial charge in [-0.1, -0.05) is 0 Å². The predicted molar refractivity (Wildman–Crippen MR) is 157 cm³/mol. The summed E-state index contributed by atoms with van der Waals surface area (Å²) in [6.07, 6.45) is 4.48. The lowest BCUT2D eigenvalue weighted by molar-refractivity contribution is -0.128. The summed E-state index contributed by atoms with van der Waals surface area (Å²) in [7, 11) is 1.41. The van der Waals surface area contributed by atoms with Crippen LogP contribution in [-0.4, -0.2) is 85.5 Å². The van der Waals surface area contributed by atoms with Gasteiger partial charge in [-0.2, -0.15) is 0 Å². The number of methoxy groups -OCH3 is 1. The van der Waals surface area contributed by atoms with Crippen LogP contribution in [0.25, 0.3) is 0 Å². The number of esters is 1. The molecule has 1 saturated carbocycles. The summed E-state index contributed by atoms with van der Waals surface area (Å²) in [6, 6.07) is 10.1. The van der Waals surface area contributed by atoms with E-state index in [4.69, 9.17) is 9.47 Å². The molecule has 10 nitrogen and oxygen atoms in total. The normalized spacial score (nSPS) is 18.5. The van der Waals surface area contributed by atoms with E-state index in [-0.39, 0.29) is 31.0 Å². The first-order chi connectivity index (χ1) is 20.3. The number of carbonyl (C=O) groups is 3. The van der Waals surface area contributed by atoms with E-state index in [9.17, 15) is 24.6 Å². The maximum Gasteiger partial charge on any atom is 0.338 e. The van der Waals surface area contributed by atoms with Gasteiger partial charge in [0.2, 0.25) is 5.91 Å². The highest BCUT2D eigenvalue weighted by Crippen LogP contribution is 2.45. The first kappa shape index (κ1) is 30.0. The minimum atomic E-state index is -0.715. The number of benzene rings is 2. The van der Waals surface area contributed by atoms with E-state index in [0.29, 0.717) is 42.5 Å². The number of hydrogen-bond acceptors (Lipinski definition) is 8. The van der Waals surface area contributed by atoms with Crippen LogP contribution in [0.5, 0.6) is 5.75 Å². The highest BCUT2D eigenvalue weighted by molar-refractivity contribution is 6.01. The number of anilines is 1. The second-order valence-electron chi connectivity index (χ2n) is 11.6. The Labute approximate surface area is 246 Å². The fourth-order valence-corrected chi connectivity index (χ4v) is 6.20. The predicted octanol–water partition coefficient (Wildman–Crippen LogP) is 2.85. The number of rotatable bonds is 11. The van der Waals surface area contributed by atoms with Crippen molar-refractivity contribution in [3.05, 3.63) is 58.7 Å². The van der Waals surface area contributed by atoms with Gasteiger partial charge in [0.15, 0.2) is 0 Å². The minimum absolute atomic E-state index is 0.133. The van der Waals surface area contributed by atoms with Crippen molar-refractivity contribution in [2.45, 2.75) is 57.5 Å². The Hall–Kier alpha value is -3.47. The third-order valence-electron chi connectivity index (χ3n) is 8.89. The molecule has 0 atom stereocenters. The number of hydrogen-bond donors (Lipinski definition) is 3. The molecule has 1 spiro atoms. The smallest absolute Gasteiger partial charge is 0.338 e. The molecule has 1 aliphatic carbocycles. The quantitative estimate of drug-likeness (QED) is 0.347. The zero-order chi connectivity index (χ0) is 29.9. The first-order valence-corrected chi connectivity index (χ1v) is 14.9. The van der Waals surface area contributed by atoms with Crippen LogP contribution >= 0.6 is 0 Å². The van der Waals surface area contributed by atoms with E-state index < -0.39 is 11.5 Å². The van der Waals surface area contributed by atoms with E-state index in [0.717, 1.165) is 62.0 Å².